The number of amides is 2. The molecule has 0 aliphatic rings. The molecule has 5 heteroatoms. The Hall–Kier alpha value is -0.580. The van der Waals surface area contributed by atoms with E-state index in [1.165, 1.54) is 0 Å². The summed E-state index contributed by atoms with van der Waals surface area (Å²) in [5.74, 6) is -0.531. The Kier molecular flexibility index (Phi) is 9.28. The van der Waals surface area contributed by atoms with Gasteiger partial charge in [-0.05, 0) is 19.3 Å². The summed E-state index contributed by atoms with van der Waals surface area (Å²) < 4.78 is 0. The molecule has 0 heterocycles. The van der Waals surface area contributed by atoms with E-state index in [2.05, 4.69) is 28.2 Å². The largest absolute Gasteiger partial charge is 0.368 e. The second kappa shape index (κ2) is 9.63. The van der Waals surface area contributed by atoms with Gasteiger partial charge in [-0.3, -0.25) is 9.59 Å². The van der Waals surface area contributed by atoms with Gasteiger partial charge in [0, 0.05) is 11.8 Å². The number of alkyl halides is 1. The van der Waals surface area contributed by atoms with Gasteiger partial charge in [-0.25, -0.2) is 0 Å². The highest BCUT2D eigenvalue weighted by Crippen LogP contribution is 2.02. The number of nitrogens with one attached hydrogen (secondary N) is 1. The van der Waals surface area contributed by atoms with Gasteiger partial charge in [0.1, 0.15) is 6.04 Å². The highest BCUT2D eigenvalue weighted by atomic mass is 79.9. The molecular weight excluding hydrogens is 272 g/mol. The minimum absolute atomic E-state index is 0.0770. The fourth-order valence-corrected chi connectivity index (χ4v) is 1.69. The van der Waals surface area contributed by atoms with E-state index >= 15 is 0 Å². The van der Waals surface area contributed by atoms with Crippen LogP contribution in [0.5, 0.6) is 0 Å². The summed E-state index contributed by atoms with van der Waals surface area (Å²) in [6.07, 6.45) is 4.88. The maximum atomic E-state index is 11.5. The zero-order valence-electron chi connectivity index (χ0n) is 9.80. The van der Waals surface area contributed by atoms with Gasteiger partial charge < -0.3 is 11.1 Å². The molecule has 4 nitrogen and oxygen atoms in total. The average molecular weight is 293 g/mol. The molecule has 0 bridgehead atoms. The SMILES string of the molecule is CCCCCC(=O)N[C@@H](CCCBr)C(N)=O. The number of hydrogen-bond donors (Lipinski definition) is 2. The second-order valence-corrected chi connectivity index (χ2v) is 4.60. The highest BCUT2D eigenvalue weighted by Gasteiger charge is 2.16. The maximum Gasteiger partial charge on any atom is 0.239 e. The molecule has 0 unspecified atom stereocenters. The first kappa shape index (κ1) is 15.4. The standard InChI is InChI=1S/C11H21BrN2O2/c1-2-3-4-7-10(15)14-9(11(13)16)6-5-8-12/h9H,2-8H2,1H3,(H2,13,16)(H,14,15)/t9-/m0/s1. The quantitative estimate of drug-likeness (QED) is 0.502. The molecule has 1 atom stereocenters. The molecule has 3 N–H and O–H groups in total. The van der Waals surface area contributed by atoms with Crippen molar-refractivity contribution in [3.63, 3.8) is 0 Å². The molecule has 0 spiro atoms. The molecular formula is C11H21BrN2O2. The molecule has 0 aliphatic carbocycles. The summed E-state index contributed by atoms with van der Waals surface area (Å²) in [5.41, 5.74) is 5.21. The number of carbonyl (C=O) groups is 2. The van der Waals surface area contributed by atoms with Crippen LogP contribution in [0.3, 0.4) is 0 Å². The van der Waals surface area contributed by atoms with Crippen molar-refractivity contribution in [3.05, 3.63) is 0 Å². The zero-order chi connectivity index (χ0) is 12.4. The number of nitrogens with two attached hydrogens (primary N) is 1. The highest BCUT2D eigenvalue weighted by molar-refractivity contribution is 9.09. The van der Waals surface area contributed by atoms with E-state index in [1.807, 2.05) is 0 Å². The van der Waals surface area contributed by atoms with E-state index < -0.39 is 11.9 Å². The topological polar surface area (TPSA) is 72.2 Å². The summed E-state index contributed by atoms with van der Waals surface area (Å²) in [6, 6.07) is -0.522. The fraction of sp³-hybridized carbons (Fsp3) is 0.818. The average Bonchev–Trinajstić information content (AvgIpc) is 2.24. The van der Waals surface area contributed by atoms with Crippen LogP contribution in [0.2, 0.25) is 0 Å². The van der Waals surface area contributed by atoms with E-state index in [-0.39, 0.29) is 5.91 Å². The van der Waals surface area contributed by atoms with Gasteiger partial charge in [-0.1, -0.05) is 35.7 Å². The van der Waals surface area contributed by atoms with Crippen LogP contribution >= 0.6 is 15.9 Å². The van der Waals surface area contributed by atoms with Gasteiger partial charge in [0.05, 0.1) is 0 Å². The lowest BCUT2D eigenvalue weighted by Crippen LogP contribution is -2.44. The van der Waals surface area contributed by atoms with Gasteiger partial charge in [0.2, 0.25) is 11.8 Å². The lowest BCUT2D eigenvalue weighted by Gasteiger charge is -2.14. The molecule has 0 aromatic rings. The summed E-state index contributed by atoms with van der Waals surface area (Å²) >= 11 is 3.28. The van der Waals surface area contributed by atoms with E-state index in [0.29, 0.717) is 12.8 Å². The van der Waals surface area contributed by atoms with Crippen molar-refractivity contribution in [3.8, 4) is 0 Å². The molecule has 0 fully saturated rings. The Morgan fingerprint density at radius 2 is 2.00 bits per heavy atom. The van der Waals surface area contributed by atoms with Crippen molar-refractivity contribution in [1.29, 1.82) is 0 Å². The van der Waals surface area contributed by atoms with Crippen LogP contribution in [0.25, 0.3) is 0 Å². The third kappa shape index (κ3) is 7.68. The van der Waals surface area contributed by atoms with Crippen LogP contribution in [-0.2, 0) is 9.59 Å². The molecule has 94 valence electrons. The summed E-state index contributed by atoms with van der Waals surface area (Å²) in [7, 11) is 0. The van der Waals surface area contributed by atoms with Crippen molar-refractivity contribution in [2.45, 2.75) is 51.5 Å². The maximum absolute atomic E-state index is 11.5. The fourth-order valence-electron chi connectivity index (χ4n) is 1.37. The molecule has 0 aliphatic heterocycles. The van der Waals surface area contributed by atoms with Crippen LogP contribution in [-0.4, -0.2) is 23.2 Å². The van der Waals surface area contributed by atoms with Gasteiger partial charge in [-0.15, -0.1) is 0 Å². The number of halogens is 1. The van der Waals surface area contributed by atoms with E-state index in [4.69, 9.17) is 5.73 Å². The Balaban J connectivity index is 3.88. The molecule has 0 radical (unpaired) electrons. The minimum Gasteiger partial charge on any atom is -0.368 e. The molecule has 0 rings (SSSR count). The second-order valence-electron chi connectivity index (χ2n) is 3.81. The predicted molar refractivity (Wildman–Crippen MR) is 68.3 cm³/mol. The zero-order valence-corrected chi connectivity index (χ0v) is 11.4. The van der Waals surface area contributed by atoms with E-state index in [1.54, 1.807) is 0 Å². The van der Waals surface area contributed by atoms with Crippen molar-refractivity contribution < 1.29 is 9.59 Å². The lowest BCUT2D eigenvalue weighted by molar-refractivity contribution is -0.127. The molecule has 2 amide bonds. The van der Waals surface area contributed by atoms with Crippen LogP contribution in [0.15, 0.2) is 0 Å². The normalized spacial score (nSPS) is 12.1. The number of rotatable bonds is 9. The van der Waals surface area contributed by atoms with Crippen molar-refractivity contribution in [2.75, 3.05) is 5.33 Å². The van der Waals surface area contributed by atoms with E-state index in [9.17, 15) is 9.59 Å². The number of primary amides is 1. The molecule has 0 aromatic heterocycles. The monoisotopic (exact) mass is 292 g/mol. The first-order chi connectivity index (χ1) is 7.61. The molecule has 0 saturated heterocycles. The van der Waals surface area contributed by atoms with Crippen molar-refractivity contribution in [1.82, 2.24) is 5.32 Å². The first-order valence-corrected chi connectivity index (χ1v) is 6.88. The number of carbonyl (C=O) groups excluding carboxylic acids is 2. The van der Waals surface area contributed by atoms with Crippen LogP contribution < -0.4 is 11.1 Å². The summed E-state index contributed by atoms with van der Waals surface area (Å²) in [5, 5.41) is 3.48. The Bertz CT molecular complexity index is 222. The molecule has 0 aromatic carbocycles. The molecule has 16 heavy (non-hydrogen) atoms. The summed E-state index contributed by atoms with van der Waals surface area (Å²) in [6.45, 7) is 2.08. The Morgan fingerprint density at radius 1 is 1.31 bits per heavy atom. The van der Waals surface area contributed by atoms with Crippen LogP contribution in [0, 0.1) is 0 Å². The lowest BCUT2D eigenvalue weighted by atomic mass is 10.1. The predicted octanol–water partition coefficient (Wildman–Crippen LogP) is 1.71. The first-order valence-electron chi connectivity index (χ1n) is 5.76. The van der Waals surface area contributed by atoms with Crippen LogP contribution in [0.1, 0.15) is 45.4 Å². The van der Waals surface area contributed by atoms with Crippen LogP contribution in [0.4, 0.5) is 0 Å². The third-order valence-corrected chi connectivity index (χ3v) is 2.87. The van der Waals surface area contributed by atoms with Crippen molar-refractivity contribution in [2.24, 2.45) is 5.73 Å². The van der Waals surface area contributed by atoms with E-state index in [0.717, 1.165) is 31.0 Å². The van der Waals surface area contributed by atoms with Gasteiger partial charge in [-0.2, -0.15) is 0 Å². The summed E-state index contributed by atoms with van der Waals surface area (Å²) in [4.78, 5) is 22.5. The molecule has 0 saturated carbocycles. The Labute approximate surface area is 105 Å². The Morgan fingerprint density at radius 3 is 2.50 bits per heavy atom. The number of hydrogen-bond acceptors (Lipinski definition) is 2. The smallest absolute Gasteiger partial charge is 0.239 e. The third-order valence-electron chi connectivity index (χ3n) is 2.31. The van der Waals surface area contributed by atoms with Gasteiger partial charge in [0.25, 0.3) is 0 Å². The number of unbranched alkanes of at least 4 members (excludes halogenated alkanes) is 2. The van der Waals surface area contributed by atoms with Crippen molar-refractivity contribution >= 4 is 27.7 Å². The van der Waals surface area contributed by atoms with Gasteiger partial charge >= 0.3 is 0 Å². The van der Waals surface area contributed by atoms with Gasteiger partial charge in [0.15, 0.2) is 0 Å². The minimum atomic E-state index is -0.522.